The molecule has 25 heavy (non-hydrogen) atoms. The third-order valence-corrected chi connectivity index (χ3v) is 4.32. The number of cyclic esters (lactones) is 1. The minimum atomic E-state index is -0.517. The molecule has 3 heterocycles. The van der Waals surface area contributed by atoms with Crippen molar-refractivity contribution in [3.8, 4) is 0 Å². The largest absolute Gasteiger partial charge is 0.467 e. The predicted octanol–water partition coefficient (Wildman–Crippen LogP) is 2.26. The van der Waals surface area contributed by atoms with E-state index in [0.717, 1.165) is 5.56 Å². The number of hydrogen-bond donors (Lipinski definition) is 1. The second-order valence-corrected chi connectivity index (χ2v) is 6.02. The first-order chi connectivity index (χ1) is 12.3. The van der Waals surface area contributed by atoms with Gasteiger partial charge >= 0.3 is 6.09 Å². The normalized spacial score (nSPS) is 22.3. The summed E-state index contributed by atoms with van der Waals surface area (Å²) in [4.78, 5) is 12.2. The molecule has 0 radical (unpaired) electrons. The van der Waals surface area contributed by atoms with Crippen LogP contribution in [0, 0.1) is 0 Å². The van der Waals surface area contributed by atoms with Gasteiger partial charge in [-0.05, 0) is 24.1 Å². The molecule has 0 saturated carbocycles. The van der Waals surface area contributed by atoms with Gasteiger partial charge < -0.3 is 18.6 Å². The Morgan fingerprint density at radius 3 is 2.64 bits per heavy atom. The van der Waals surface area contributed by atoms with Crippen LogP contribution in [-0.2, 0) is 20.6 Å². The molecular weight excluding hydrogens is 324 g/mol. The molecule has 0 unspecified atom stereocenters. The fourth-order valence-corrected chi connectivity index (χ4v) is 3.10. The summed E-state index contributed by atoms with van der Waals surface area (Å²) < 4.78 is 22.0. The number of hydrazine groups is 1. The van der Waals surface area contributed by atoms with Gasteiger partial charge in [0, 0.05) is 0 Å². The zero-order valence-corrected chi connectivity index (χ0v) is 13.7. The minimum Gasteiger partial charge on any atom is -0.467 e. The number of hydrogen-bond acceptors (Lipinski definition) is 6. The van der Waals surface area contributed by atoms with E-state index in [9.17, 15) is 4.79 Å². The van der Waals surface area contributed by atoms with Crippen LogP contribution in [0.4, 0.5) is 4.79 Å². The first-order valence-electron chi connectivity index (χ1n) is 8.34. The Morgan fingerprint density at radius 1 is 1.12 bits per heavy atom. The molecule has 7 heteroatoms. The summed E-state index contributed by atoms with van der Waals surface area (Å²) in [5, 5.41) is 1.52. The number of nitrogens with one attached hydrogen (secondary N) is 1. The highest BCUT2D eigenvalue weighted by molar-refractivity contribution is 5.69. The molecule has 2 atom stereocenters. The van der Waals surface area contributed by atoms with Crippen molar-refractivity contribution in [1.29, 1.82) is 0 Å². The maximum absolute atomic E-state index is 12.2. The molecule has 2 fully saturated rings. The van der Waals surface area contributed by atoms with Crippen molar-refractivity contribution in [3.05, 3.63) is 60.1 Å². The third-order valence-electron chi connectivity index (χ3n) is 4.32. The molecule has 2 saturated heterocycles. The van der Waals surface area contributed by atoms with E-state index < -0.39 is 18.4 Å². The van der Waals surface area contributed by atoms with Crippen LogP contribution in [-0.4, -0.2) is 43.3 Å². The fraction of sp³-hybridized carbons (Fsp3) is 0.389. The lowest BCUT2D eigenvalue weighted by molar-refractivity contribution is -0.0869. The van der Waals surface area contributed by atoms with Gasteiger partial charge in [0.1, 0.15) is 18.4 Å². The van der Waals surface area contributed by atoms with E-state index >= 15 is 0 Å². The molecule has 4 rings (SSSR count). The number of nitrogens with zero attached hydrogens (tertiary/aromatic N) is 1. The monoisotopic (exact) mass is 344 g/mol. The SMILES string of the molecule is O=C1OC[C@H](Cc2ccccc2)N1N[C@H](c1ccco1)C1OCCO1. The Hall–Kier alpha value is -2.35. The van der Waals surface area contributed by atoms with E-state index in [2.05, 4.69) is 5.43 Å². The number of furan rings is 1. The smallest absolute Gasteiger partial charge is 0.424 e. The topological polar surface area (TPSA) is 73.2 Å². The molecule has 2 aliphatic rings. The number of benzene rings is 1. The molecule has 1 amide bonds. The van der Waals surface area contributed by atoms with E-state index in [1.807, 2.05) is 36.4 Å². The van der Waals surface area contributed by atoms with Crippen LogP contribution in [0.5, 0.6) is 0 Å². The second kappa shape index (κ2) is 7.26. The predicted molar refractivity (Wildman–Crippen MR) is 87.4 cm³/mol. The van der Waals surface area contributed by atoms with Crippen molar-refractivity contribution in [1.82, 2.24) is 10.4 Å². The van der Waals surface area contributed by atoms with Gasteiger partial charge in [0.05, 0.1) is 25.5 Å². The Bertz CT molecular complexity index is 685. The molecule has 1 N–H and O–H groups in total. The zero-order chi connectivity index (χ0) is 17.1. The highest BCUT2D eigenvalue weighted by Gasteiger charge is 2.39. The lowest BCUT2D eigenvalue weighted by atomic mass is 10.1. The van der Waals surface area contributed by atoms with Crippen LogP contribution in [0.15, 0.2) is 53.1 Å². The van der Waals surface area contributed by atoms with E-state index in [1.165, 1.54) is 5.01 Å². The molecule has 2 aliphatic heterocycles. The van der Waals surface area contributed by atoms with Gasteiger partial charge in [-0.2, -0.15) is 0 Å². The van der Waals surface area contributed by atoms with E-state index in [4.69, 9.17) is 18.6 Å². The average molecular weight is 344 g/mol. The number of rotatable bonds is 6. The van der Waals surface area contributed by atoms with Crippen molar-refractivity contribution >= 4 is 6.09 Å². The van der Waals surface area contributed by atoms with E-state index in [1.54, 1.807) is 12.3 Å². The molecule has 132 valence electrons. The molecular formula is C18H20N2O5. The van der Waals surface area contributed by atoms with Crippen molar-refractivity contribution < 1.29 is 23.4 Å². The van der Waals surface area contributed by atoms with Crippen LogP contribution in [0.25, 0.3) is 0 Å². The summed E-state index contributed by atoms with van der Waals surface area (Å²) >= 11 is 0. The average Bonchev–Trinajstić information content (AvgIpc) is 3.38. The summed E-state index contributed by atoms with van der Waals surface area (Å²) in [5.74, 6) is 0.644. The van der Waals surface area contributed by atoms with Gasteiger partial charge in [-0.3, -0.25) is 0 Å². The van der Waals surface area contributed by atoms with Crippen molar-refractivity contribution in [2.75, 3.05) is 19.8 Å². The Balaban J connectivity index is 1.51. The molecule has 1 aromatic heterocycles. The second-order valence-electron chi connectivity index (χ2n) is 6.02. The van der Waals surface area contributed by atoms with Crippen molar-refractivity contribution in [3.63, 3.8) is 0 Å². The first-order valence-corrected chi connectivity index (χ1v) is 8.34. The zero-order valence-electron chi connectivity index (χ0n) is 13.7. The number of carbonyl (C=O) groups excluding carboxylic acids is 1. The molecule has 7 nitrogen and oxygen atoms in total. The van der Waals surface area contributed by atoms with Crippen molar-refractivity contribution in [2.24, 2.45) is 0 Å². The highest BCUT2D eigenvalue weighted by Crippen LogP contribution is 2.26. The molecule has 0 aliphatic carbocycles. The number of amides is 1. The van der Waals surface area contributed by atoms with Gasteiger partial charge in [-0.1, -0.05) is 30.3 Å². The summed E-state index contributed by atoms with van der Waals surface area (Å²) in [5.41, 5.74) is 4.33. The summed E-state index contributed by atoms with van der Waals surface area (Å²) in [7, 11) is 0. The third kappa shape index (κ3) is 3.53. The Morgan fingerprint density at radius 2 is 1.92 bits per heavy atom. The summed E-state index contributed by atoms with van der Waals surface area (Å²) in [6.07, 6.45) is 1.35. The maximum Gasteiger partial charge on any atom is 0.424 e. The van der Waals surface area contributed by atoms with Crippen LogP contribution in [0.2, 0.25) is 0 Å². The lowest BCUT2D eigenvalue weighted by Crippen LogP contribution is -2.50. The van der Waals surface area contributed by atoms with E-state index in [-0.39, 0.29) is 6.04 Å². The number of carbonyl (C=O) groups is 1. The molecule has 1 aromatic carbocycles. The van der Waals surface area contributed by atoms with E-state index in [0.29, 0.717) is 32.0 Å². The highest BCUT2D eigenvalue weighted by atomic mass is 16.7. The van der Waals surface area contributed by atoms with Crippen LogP contribution in [0.3, 0.4) is 0 Å². The molecule has 0 spiro atoms. The first kappa shape index (κ1) is 16.1. The van der Waals surface area contributed by atoms with Gasteiger partial charge in [0.25, 0.3) is 0 Å². The fourth-order valence-electron chi connectivity index (χ4n) is 3.10. The van der Waals surface area contributed by atoms with Gasteiger partial charge in [0.15, 0.2) is 6.29 Å². The Labute approximate surface area is 145 Å². The van der Waals surface area contributed by atoms with Crippen LogP contribution in [0.1, 0.15) is 17.4 Å². The van der Waals surface area contributed by atoms with Gasteiger partial charge in [0.2, 0.25) is 0 Å². The van der Waals surface area contributed by atoms with Crippen LogP contribution < -0.4 is 5.43 Å². The van der Waals surface area contributed by atoms with Crippen LogP contribution >= 0.6 is 0 Å². The van der Waals surface area contributed by atoms with Crippen molar-refractivity contribution in [2.45, 2.75) is 24.8 Å². The minimum absolute atomic E-state index is 0.117. The number of ether oxygens (including phenoxy) is 3. The Kier molecular flexibility index (Phi) is 4.69. The maximum atomic E-state index is 12.2. The standard InChI is InChI=1S/C18H20N2O5/c21-18-20(14(12-25-18)11-13-5-2-1-3-6-13)19-16(15-7-4-8-22-15)17-23-9-10-24-17/h1-8,14,16-17,19H,9-12H2/t14-,16+/m0/s1. The quantitative estimate of drug-likeness (QED) is 0.867. The summed E-state index contributed by atoms with van der Waals surface area (Å²) in [6, 6.07) is 13.1. The van der Waals surface area contributed by atoms with Gasteiger partial charge in [-0.15, -0.1) is 0 Å². The molecule has 2 aromatic rings. The summed E-state index contributed by atoms with van der Waals surface area (Å²) in [6.45, 7) is 1.36. The lowest BCUT2D eigenvalue weighted by Gasteiger charge is -2.29. The molecule has 0 bridgehead atoms. The van der Waals surface area contributed by atoms with Gasteiger partial charge in [-0.25, -0.2) is 15.2 Å².